The van der Waals surface area contributed by atoms with Crippen molar-refractivity contribution in [2.45, 2.75) is 0 Å². The fourth-order valence-electron chi connectivity index (χ4n) is 0.989. The number of carbonyl (C=O) groups is 2. The molecule has 0 fully saturated rings. The first kappa shape index (κ1) is 10.8. The molecule has 2 amide bonds. The van der Waals surface area contributed by atoms with Crippen LogP contribution in [0.25, 0.3) is 0 Å². The molecular formula is C8H7FN2O4. The third kappa shape index (κ3) is 2.13. The van der Waals surface area contributed by atoms with Gasteiger partial charge in [-0.1, -0.05) is 0 Å². The van der Waals surface area contributed by atoms with Crippen LogP contribution >= 0.6 is 0 Å². The zero-order valence-electron chi connectivity index (χ0n) is 7.35. The number of amides is 2. The molecule has 0 saturated carbocycles. The molecule has 1 aromatic rings. The molecule has 0 radical (unpaired) electrons. The van der Waals surface area contributed by atoms with Crippen molar-refractivity contribution in [3.05, 3.63) is 24.0 Å². The molecule has 0 bridgehead atoms. The Morgan fingerprint density at radius 3 is 2.27 bits per heavy atom. The van der Waals surface area contributed by atoms with Gasteiger partial charge < -0.3 is 15.9 Å². The molecule has 0 spiro atoms. The van der Waals surface area contributed by atoms with Crippen LogP contribution in [0.5, 0.6) is 0 Å². The minimum absolute atomic E-state index is 0.0684. The summed E-state index contributed by atoms with van der Waals surface area (Å²) < 4.78 is 13.1. The largest absolute Gasteiger partial charge is 0.464 e. The van der Waals surface area contributed by atoms with Gasteiger partial charge in [0.15, 0.2) is 0 Å². The van der Waals surface area contributed by atoms with Crippen LogP contribution in [0.1, 0.15) is 0 Å². The summed E-state index contributed by atoms with van der Waals surface area (Å²) in [6.07, 6.45) is -3.60. The predicted molar refractivity (Wildman–Crippen MR) is 49.3 cm³/mol. The first-order valence-corrected chi connectivity index (χ1v) is 3.74. The molecule has 1 rings (SSSR count). The first-order chi connectivity index (χ1) is 6.93. The number of halogens is 1. The topological polar surface area (TPSA) is 104 Å². The fourth-order valence-corrected chi connectivity index (χ4v) is 0.989. The van der Waals surface area contributed by atoms with Crippen molar-refractivity contribution in [2.75, 3.05) is 10.6 Å². The molecule has 0 aliphatic carbocycles. The number of nitrogens with two attached hydrogens (primary N) is 1. The van der Waals surface area contributed by atoms with Gasteiger partial charge in [0, 0.05) is 5.69 Å². The SMILES string of the molecule is Nc1ccc(F)c(N(C(=O)O)C(=O)O)c1. The smallest absolute Gasteiger partial charge is 0.421 e. The Morgan fingerprint density at radius 2 is 1.80 bits per heavy atom. The third-order valence-corrected chi connectivity index (χ3v) is 1.59. The Balaban J connectivity index is 3.28. The molecule has 0 aliphatic heterocycles. The van der Waals surface area contributed by atoms with E-state index in [2.05, 4.69) is 0 Å². The lowest BCUT2D eigenvalue weighted by atomic mass is 10.2. The van der Waals surface area contributed by atoms with E-state index in [0.717, 1.165) is 12.1 Å². The summed E-state index contributed by atoms with van der Waals surface area (Å²) >= 11 is 0. The van der Waals surface area contributed by atoms with E-state index in [1.165, 1.54) is 6.07 Å². The molecule has 0 unspecified atom stereocenters. The normalized spacial score (nSPS) is 9.67. The summed E-state index contributed by atoms with van der Waals surface area (Å²) in [4.78, 5) is 20.9. The number of carboxylic acid groups (broad SMARTS) is 2. The molecule has 0 aliphatic rings. The molecule has 15 heavy (non-hydrogen) atoms. The summed E-state index contributed by atoms with van der Waals surface area (Å²) in [5.74, 6) is -0.978. The highest BCUT2D eigenvalue weighted by Crippen LogP contribution is 2.22. The van der Waals surface area contributed by atoms with Crippen LogP contribution in [0.2, 0.25) is 0 Å². The second-order valence-electron chi connectivity index (χ2n) is 2.61. The molecule has 0 aromatic heterocycles. The van der Waals surface area contributed by atoms with Gasteiger partial charge in [0.1, 0.15) is 5.82 Å². The second-order valence-corrected chi connectivity index (χ2v) is 2.61. The quantitative estimate of drug-likeness (QED) is 0.615. The number of imide groups is 1. The summed E-state index contributed by atoms with van der Waals surface area (Å²) in [6.45, 7) is 0. The zero-order valence-corrected chi connectivity index (χ0v) is 7.35. The summed E-state index contributed by atoms with van der Waals surface area (Å²) in [6, 6.07) is 3.02. The fraction of sp³-hybridized carbons (Fsp3) is 0. The third-order valence-electron chi connectivity index (χ3n) is 1.59. The minimum Gasteiger partial charge on any atom is -0.464 e. The number of nitrogen functional groups attached to an aromatic ring is 1. The molecule has 80 valence electrons. The lowest BCUT2D eigenvalue weighted by Gasteiger charge is -2.14. The van der Waals surface area contributed by atoms with Gasteiger partial charge in [-0.15, -0.1) is 0 Å². The van der Waals surface area contributed by atoms with Gasteiger partial charge in [0.05, 0.1) is 5.69 Å². The van der Waals surface area contributed by atoms with Crippen LogP contribution in [0, 0.1) is 5.82 Å². The molecule has 6 nitrogen and oxygen atoms in total. The Morgan fingerprint density at radius 1 is 1.27 bits per heavy atom. The lowest BCUT2D eigenvalue weighted by Crippen LogP contribution is -2.35. The maximum Gasteiger partial charge on any atom is 0.421 e. The summed E-state index contributed by atoms with van der Waals surface area (Å²) in [5, 5.41) is 17.1. The molecule has 0 heterocycles. The minimum atomic E-state index is -1.80. The lowest BCUT2D eigenvalue weighted by molar-refractivity contribution is 0.184. The van der Waals surface area contributed by atoms with E-state index in [9.17, 15) is 14.0 Å². The van der Waals surface area contributed by atoms with Gasteiger partial charge in [-0.2, -0.15) is 4.90 Å². The monoisotopic (exact) mass is 214 g/mol. The first-order valence-electron chi connectivity index (χ1n) is 3.74. The summed E-state index contributed by atoms with van der Waals surface area (Å²) in [7, 11) is 0. The highest BCUT2D eigenvalue weighted by atomic mass is 19.1. The van der Waals surface area contributed by atoms with Crippen molar-refractivity contribution in [3.8, 4) is 0 Å². The van der Waals surface area contributed by atoms with Crippen molar-refractivity contribution < 1.29 is 24.2 Å². The maximum absolute atomic E-state index is 13.1. The van der Waals surface area contributed by atoms with Gasteiger partial charge in [-0.3, -0.25) is 0 Å². The molecule has 4 N–H and O–H groups in total. The van der Waals surface area contributed by atoms with E-state index in [4.69, 9.17) is 15.9 Å². The van der Waals surface area contributed by atoms with Gasteiger partial charge in [-0.25, -0.2) is 14.0 Å². The predicted octanol–water partition coefficient (Wildman–Crippen LogP) is 1.57. The number of anilines is 2. The Hall–Kier alpha value is -2.31. The van der Waals surface area contributed by atoms with Crippen LogP contribution in [0.4, 0.5) is 25.4 Å². The second kappa shape index (κ2) is 3.82. The van der Waals surface area contributed by atoms with Crippen LogP contribution in [0.15, 0.2) is 18.2 Å². The van der Waals surface area contributed by atoms with Crippen LogP contribution in [-0.2, 0) is 0 Å². The number of hydrogen-bond acceptors (Lipinski definition) is 3. The van der Waals surface area contributed by atoms with Crippen molar-refractivity contribution >= 4 is 23.6 Å². The molecule has 1 aromatic carbocycles. The maximum atomic E-state index is 13.1. The molecule has 7 heteroatoms. The van der Waals surface area contributed by atoms with Crippen molar-refractivity contribution in [1.82, 2.24) is 0 Å². The van der Waals surface area contributed by atoms with Crippen LogP contribution in [0.3, 0.4) is 0 Å². The molecule has 0 saturated heterocycles. The number of rotatable bonds is 1. The average molecular weight is 214 g/mol. The molecular weight excluding hydrogens is 207 g/mol. The van der Waals surface area contributed by atoms with E-state index in [-0.39, 0.29) is 10.6 Å². The summed E-state index contributed by atoms with van der Waals surface area (Å²) in [5.41, 5.74) is 4.74. The Bertz CT molecular complexity index is 407. The van der Waals surface area contributed by atoms with Gasteiger partial charge in [0.2, 0.25) is 0 Å². The number of nitrogens with zero attached hydrogens (tertiary/aromatic N) is 1. The van der Waals surface area contributed by atoms with E-state index in [0.29, 0.717) is 0 Å². The van der Waals surface area contributed by atoms with E-state index in [1.54, 1.807) is 0 Å². The van der Waals surface area contributed by atoms with E-state index < -0.39 is 23.7 Å². The van der Waals surface area contributed by atoms with Crippen molar-refractivity contribution in [3.63, 3.8) is 0 Å². The van der Waals surface area contributed by atoms with Gasteiger partial charge >= 0.3 is 12.2 Å². The van der Waals surface area contributed by atoms with Gasteiger partial charge in [0.25, 0.3) is 0 Å². The highest BCUT2D eigenvalue weighted by molar-refractivity contribution is 6.08. The molecule has 0 atom stereocenters. The van der Waals surface area contributed by atoms with Crippen molar-refractivity contribution in [2.24, 2.45) is 0 Å². The number of hydrogen-bond donors (Lipinski definition) is 3. The highest BCUT2D eigenvalue weighted by Gasteiger charge is 2.25. The van der Waals surface area contributed by atoms with Crippen LogP contribution in [-0.4, -0.2) is 22.4 Å². The number of benzene rings is 1. The standard InChI is InChI=1S/C8H7FN2O4/c9-5-2-1-4(10)3-6(5)11(7(12)13)8(14)15/h1-3H,10H2,(H,12,13)(H,14,15). The van der Waals surface area contributed by atoms with Crippen molar-refractivity contribution in [1.29, 1.82) is 0 Å². The van der Waals surface area contributed by atoms with E-state index >= 15 is 0 Å². The van der Waals surface area contributed by atoms with E-state index in [1.807, 2.05) is 0 Å². The zero-order chi connectivity index (χ0) is 11.6. The Kier molecular flexibility index (Phi) is 2.75. The van der Waals surface area contributed by atoms with Crippen LogP contribution < -0.4 is 10.6 Å². The average Bonchev–Trinajstić information content (AvgIpc) is 2.10. The Labute approximate surface area is 83.3 Å². The van der Waals surface area contributed by atoms with Gasteiger partial charge in [-0.05, 0) is 18.2 Å².